The van der Waals surface area contributed by atoms with Gasteiger partial charge in [0.15, 0.2) is 0 Å². The fourth-order valence-corrected chi connectivity index (χ4v) is 5.69. The van der Waals surface area contributed by atoms with Gasteiger partial charge in [0.25, 0.3) is 0 Å². The average molecular weight is 447 g/mol. The van der Waals surface area contributed by atoms with E-state index in [-0.39, 0.29) is 12.1 Å². The third-order valence-electron chi connectivity index (χ3n) is 6.89. The zero-order chi connectivity index (χ0) is 21.8. The summed E-state index contributed by atoms with van der Waals surface area (Å²) >= 11 is 1.79. The molecule has 1 saturated carbocycles. The van der Waals surface area contributed by atoms with Crippen LogP contribution >= 0.6 is 11.3 Å². The van der Waals surface area contributed by atoms with Crippen molar-refractivity contribution in [2.45, 2.75) is 50.2 Å². The number of alkyl halides is 1. The summed E-state index contributed by atoms with van der Waals surface area (Å²) in [5.41, 5.74) is 0.244. The second-order valence-corrected chi connectivity index (χ2v) is 10.3. The van der Waals surface area contributed by atoms with Crippen LogP contribution in [-0.2, 0) is 0 Å². The monoisotopic (exact) mass is 446 g/mol. The van der Waals surface area contributed by atoms with Crippen LogP contribution < -0.4 is 10.2 Å². The third kappa shape index (κ3) is 5.50. The van der Waals surface area contributed by atoms with Crippen molar-refractivity contribution in [3.05, 3.63) is 29.6 Å². The number of fused-ring (bicyclic) bond motifs is 1. The number of hydrogen-bond acceptors (Lipinski definition) is 4. The minimum Gasteiger partial charge on any atom is -0.370 e. The van der Waals surface area contributed by atoms with Gasteiger partial charge in [0, 0.05) is 62.1 Å². The fraction of sp³-hybridized carbons (Fsp3) is 0.625. The molecule has 1 aromatic carbocycles. The second-order valence-electron chi connectivity index (χ2n) is 9.31. The lowest BCUT2D eigenvalue weighted by molar-refractivity contribution is 0.0699. The minimum atomic E-state index is -1.09. The standard InChI is InChI=1S/C24H35FN4OS/c1-27(2)23(30)26-19-7-10-24(25,11-8-19)12-15-28-13-4-14-29(17-16-28)21-5-3-6-22-20(21)9-18-31-22/h3,5-6,9,18-19H,4,7-8,10-17H2,1-2H3,(H,26,30)/t19-,24+. The highest BCUT2D eigenvalue weighted by Gasteiger charge is 2.36. The Morgan fingerprint density at radius 1 is 1.19 bits per heavy atom. The maximum absolute atomic E-state index is 15.4. The molecule has 7 heteroatoms. The molecule has 0 bridgehead atoms. The molecule has 31 heavy (non-hydrogen) atoms. The molecule has 2 fully saturated rings. The first-order valence-corrected chi connectivity index (χ1v) is 12.4. The zero-order valence-electron chi connectivity index (χ0n) is 18.8. The lowest BCUT2D eigenvalue weighted by Gasteiger charge is -2.36. The Morgan fingerprint density at radius 3 is 2.77 bits per heavy atom. The molecular weight excluding hydrogens is 411 g/mol. The number of carbonyl (C=O) groups excluding carboxylic acids is 1. The molecule has 2 heterocycles. The van der Waals surface area contributed by atoms with Crippen molar-refractivity contribution in [1.29, 1.82) is 0 Å². The molecular formula is C24H35FN4OS. The van der Waals surface area contributed by atoms with E-state index in [2.05, 4.69) is 44.8 Å². The van der Waals surface area contributed by atoms with Crippen LogP contribution in [0.25, 0.3) is 10.1 Å². The van der Waals surface area contributed by atoms with Crippen molar-refractivity contribution >= 4 is 33.1 Å². The molecule has 2 amide bonds. The van der Waals surface area contributed by atoms with E-state index >= 15 is 4.39 Å². The van der Waals surface area contributed by atoms with E-state index in [1.807, 2.05) is 0 Å². The number of hydrogen-bond donors (Lipinski definition) is 1. The molecule has 1 aliphatic carbocycles. The number of carbonyl (C=O) groups is 1. The topological polar surface area (TPSA) is 38.8 Å². The van der Waals surface area contributed by atoms with Gasteiger partial charge in [-0.2, -0.15) is 0 Å². The van der Waals surface area contributed by atoms with E-state index in [0.717, 1.165) is 52.0 Å². The zero-order valence-corrected chi connectivity index (χ0v) is 19.6. The molecule has 1 aliphatic heterocycles. The summed E-state index contributed by atoms with van der Waals surface area (Å²) in [6, 6.07) is 8.82. The first-order chi connectivity index (χ1) is 14.9. The highest BCUT2D eigenvalue weighted by atomic mass is 32.1. The van der Waals surface area contributed by atoms with Gasteiger partial charge in [-0.05, 0) is 68.6 Å². The molecule has 1 saturated heterocycles. The quantitative estimate of drug-likeness (QED) is 0.722. The van der Waals surface area contributed by atoms with Crippen LogP contribution in [0, 0.1) is 0 Å². The highest BCUT2D eigenvalue weighted by Crippen LogP contribution is 2.35. The smallest absolute Gasteiger partial charge is 0.317 e. The summed E-state index contributed by atoms with van der Waals surface area (Å²) in [5.74, 6) is 0. The lowest BCUT2D eigenvalue weighted by Crippen LogP contribution is -2.46. The number of anilines is 1. The van der Waals surface area contributed by atoms with Gasteiger partial charge in [0.1, 0.15) is 5.67 Å². The van der Waals surface area contributed by atoms with E-state index in [1.165, 1.54) is 15.8 Å². The van der Waals surface area contributed by atoms with Gasteiger partial charge in [-0.3, -0.25) is 0 Å². The number of amides is 2. The van der Waals surface area contributed by atoms with E-state index < -0.39 is 5.67 Å². The third-order valence-corrected chi connectivity index (χ3v) is 7.78. The van der Waals surface area contributed by atoms with E-state index in [0.29, 0.717) is 19.3 Å². The molecule has 2 aromatic rings. The van der Waals surface area contributed by atoms with Crippen LogP contribution in [0.15, 0.2) is 29.6 Å². The number of rotatable bonds is 5. The number of thiophene rings is 1. The maximum atomic E-state index is 15.4. The lowest BCUT2D eigenvalue weighted by atomic mass is 9.81. The molecule has 1 N–H and O–H groups in total. The maximum Gasteiger partial charge on any atom is 0.317 e. The van der Waals surface area contributed by atoms with Crippen LogP contribution in [0.3, 0.4) is 0 Å². The Balaban J connectivity index is 1.25. The van der Waals surface area contributed by atoms with E-state index in [4.69, 9.17) is 0 Å². The van der Waals surface area contributed by atoms with Gasteiger partial charge in [-0.25, -0.2) is 9.18 Å². The number of halogens is 1. The van der Waals surface area contributed by atoms with Crippen molar-refractivity contribution in [2.24, 2.45) is 0 Å². The molecule has 2 aliphatic rings. The van der Waals surface area contributed by atoms with Crippen LogP contribution in [-0.4, -0.2) is 74.4 Å². The van der Waals surface area contributed by atoms with Crippen molar-refractivity contribution in [2.75, 3.05) is 51.7 Å². The van der Waals surface area contributed by atoms with E-state index in [9.17, 15) is 4.79 Å². The van der Waals surface area contributed by atoms with Gasteiger partial charge in [0.2, 0.25) is 0 Å². The number of benzene rings is 1. The first kappa shape index (κ1) is 22.3. The van der Waals surface area contributed by atoms with Crippen molar-refractivity contribution < 1.29 is 9.18 Å². The number of nitrogens with zero attached hydrogens (tertiary/aromatic N) is 3. The second kappa shape index (κ2) is 9.74. The Bertz CT molecular complexity index is 877. The minimum absolute atomic E-state index is 0.0800. The molecule has 0 radical (unpaired) electrons. The molecule has 0 atom stereocenters. The van der Waals surface area contributed by atoms with Crippen LogP contribution in [0.5, 0.6) is 0 Å². The summed E-state index contributed by atoms with van der Waals surface area (Å²) in [5, 5.41) is 6.52. The molecule has 170 valence electrons. The predicted molar refractivity (Wildman–Crippen MR) is 128 cm³/mol. The van der Waals surface area contributed by atoms with Crippen LogP contribution in [0.1, 0.15) is 38.5 Å². The number of urea groups is 1. The van der Waals surface area contributed by atoms with Crippen LogP contribution in [0.2, 0.25) is 0 Å². The van der Waals surface area contributed by atoms with Gasteiger partial charge < -0.3 is 20.0 Å². The SMILES string of the molecule is CN(C)C(=O)N[C@H]1CC[C@](F)(CCN2CCCN(c3cccc4sccc34)CC2)CC1. The van der Waals surface area contributed by atoms with Crippen molar-refractivity contribution in [1.82, 2.24) is 15.1 Å². The van der Waals surface area contributed by atoms with Crippen LogP contribution in [0.4, 0.5) is 14.9 Å². The van der Waals surface area contributed by atoms with Gasteiger partial charge >= 0.3 is 6.03 Å². The van der Waals surface area contributed by atoms with Gasteiger partial charge in [-0.15, -0.1) is 11.3 Å². The van der Waals surface area contributed by atoms with Crippen molar-refractivity contribution in [3.8, 4) is 0 Å². The van der Waals surface area contributed by atoms with E-state index in [1.54, 1.807) is 30.3 Å². The molecule has 0 unspecified atom stereocenters. The summed E-state index contributed by atoms with van der Waals surface area (Å²) in [4.78, 5) is 18.3. The Hall–Kier alpha value is -1.86. The molecule has 5 nitrogen and oxygen atoms in total. The predicted octanol–water partition coefficient (Wildman–Crippen LogP) is 4.73. The van der Waals surface area contributed by atoms with Gasteiger partial charge in [-0.1, -0.05) is 6.07 Å². The van der Waals surface area contributed by atoms with Gasteiger partial charge in [0.05, 0.1) is 0 Å². The normalized spacial score (nSPS) is 25.4. The summed E-state index contributed by atoms with van der Waals surface area (Å²) in [6.45, 7) is 4.89. The van der Waals surface area contributed by atoms with Crippen molar-refractivity contribution in [3.63, 3.8) is 0 Å². The largest absolute Gasteiger partial charge is 0.370 e. The first-order valence-electron chi connectivity index (χ1n) is 11.5. The Morgan fingerprint density at radius 2 is 2.00 bits per heavy atom. The molecule has 0 spiro atoms. The summed E-state index contributed by atoms with van der Waals surface area (Å²) in [7, 11) is 3.47. The summed E-state index contributed by atoms with van der Waals surface area (Å²) in [6.07, 6.45) is 4.26. The number of nitrogens with one attached hydrogen (secondary N) is 1. The molecule has 1 aromatic heterocycles. The molecule has 4 rings (SSSR count). The fourth-order valence-electron chi connectivity index (χ4n) is 4.88. The Kier molecular flexibility index (Phi) is 7.02. The highest BCUT2D eigenvalue weighted by molar-refractivity contribution is 7.17. The average Bonchev–Trinajstić information content (AvgIpc) is 3.12. The summed E-state index contributed by atoms with van der Waals surface area (Å²) < 4.78 is 16.8. The Labute approximate surface area is 189 Å².